The van der Waals surface area contributed by atoms with E-state index in [1.54, 1.807) is 0 Å². The number of nitrogens with one attached hydrogen (secondary N) is 1. The molecular formula is C10H23NO3. The van der Waals surface area contributed by atoms with Crippen LogP contribution in [0.15, 0.2) is 0 Å². The molecule has 4 heteroatoms. The molecule has 0 bridgehead atoms. The van der Waals surface area contributed by atoms with Crippen LogP contribution in [0, 0.1) is 5.92 Å². The Kier molecular flexibility index (Phi) is 8.08. The Morgan fingerprint density at radius 3 is 2.07 bits per heavy atom. The van der Waals surface area contributed by atoms with Crippen molar-refractivity contribution < 1.29 is 15.3 Å². The van der Waals surface area contributed by atoms with Crippen LogP contribution < -0.4 is 5.32 Å². The van der Waals surface area contributed by atoms with Crippen molar-refractivity contribution >= 4 is 0 Å². The lowest BCUT2D eigenvalue weighted by Crippen LogP contribution is -2.32. The summed E-state index contributed by atoms with van der Waals surface area (Å²) in [4.78, 5) is 0. The van der Waals surface area contributed by atoms with Crippen LogP contribution in [-0.4, -0.2) is 47.2 Å². The van der Waals surface area contributed by atoms with Gasteiger partial charge in [-0.3, -0.25) is 0 Å². The predicted molar refractivity (Wildman–Crippen MR) is 56.0 cm³/mol. The maximum atomic E-state index is 9.28. The molecule has 0 heterocycles. The molecule has 4 N–H and O–H groups in total. The maximum Gasteiger partial charge on any atom is 0.103 e. The standard InChI is InChI=1S/C10H23NO3/c1-8(2)3-5-11-6-4-9(13)10(14)7-12/h8-14H,3-7H2,1-2H3. The highest BCUT2D eigenvalue weighted by Gasteiger charge is 2.13. The maximum absolute atomic E-state index is 9.28. The van der Waals surface area contributed by atoms with Crippen LogP contribution in [0.25, 0.3) is 0 Å². The van der Waals surface area contributed by atoms with Gasteiger partial charge in [-0.2, -0.15) is 0 Å². The van der Waals surface area contributed by atoms with E-state index in [0.29, 0.717) is 18.9 Å². The van der Waals surface area contributed by atoms with E-state index < -0.39 is 12.2 Å². The molecule has 0 aliphatic rings. The lowest BCUT2D eigenvalue weighted by Gasteiger charge is -2.15. The van der Waals surface area contributed by atoms with Gasteiger partial charge in [-0.15, -0.1) is 0 Å². The summed E-state index contributed by atoms with van der Waals surface area (Å²) in [7, 11) is 0. The van der Waals surface area contributed by atoms with Gasteiger partial charge >= 0.3 is 0 Å². The van der Waals surface area contributed by atoms with Crippen molar-refractivity contribution in [3.05, 3.63) is 0 Å². The van der Waals surface area contributed by atoms with E-state index in [4.69, 9.17) is 10.2 Å². The summed E-state index contributed by atoms with van der Waals surface area (Å²) >= 11 is 0. The molecule has 0 aliphatic carbocycles. The molecule has 86 valence electrons. The van der Waals surface area contributed by atoms with Crippen molar-refractivity contribution in [2.45, 2.75) is 38.9 Å². The topological polar surface area (TPSA) is 72.7 Å². The summed E-state index contributed by atoms with van der Waals surface area (Å²) in [5.41, 5.74) is 0. The van der Waals surface area contributed by atoms with E-state index in [1.807, 2.05) is 0 Å². The fourth-order valence-electron chi connectivity index (χ4n) is 1.08. The molecule has 0 aromatic heterocycles. The minimum Gasteiger partial charge on any atom is -0.394 e. The summed E-state index contributed by atoms with van der Waals surface area (Å²) in [6, 6.07) is 0. The van der Waals surface area contributed by atoms with Crippen LogP contribution in [0.1, 0.15) is 26.7 Å². The summed E-state index contributed by atoms with van der Waals surface area (Å²) in [5.74, 6) is 0.676. The number of aliphatic hydroxyl groups is 3. The second-order valence-electron chi connectivity index (χ2n) is 4.04. The SMILES string of the molecule is CC(C)CCNCCC(O)C(O)CO. The Hall–Kier alpha value is -0.160. The molecule has 0 aliphatic heterocycles. The number of hydrogen-bond donors (Lipinski definition) is 4. The fraction of sp³-hybridized carbons (Fsp3) is 1.00. The van der Waals surface area contributed by atoms with Crippen LogP contribution in [0.2, 0.25) is 0 Å². The summed E-state index contributed by atoms with van der Waals surface area (Å²) in [6.45, 7) is 5.54. The van der Waals surface area contributed by atoms with Crippen molar-refractivity contribution in [1.29, 1.82) is 0 Å². The Morgan fingerprint density at radius 2 is 1.57 bits per heavy atom. The molecule has 0 spiro atoms. The largest absolute Gasteiger partial charge is 0.394 e. The highest BCUT2D eigenvalue weighted by atomic mass is 16.4. The minimum absolute atomic E-state index is 0.382. The van der Waals surface area contributed by atoms with E-state index in [2.05, 4.69) is 19.2 Å². The Balaban J connectivity index is 3.27. The fourth-order valence-corrected chi connectivity index (χ4v) is 1.08. The zero-order valence-corrected chi connectivity index (χ0v) is 9.11. The van der Waals surface area contributed by atoms with Gasteiger partial charge in [0.05, 0.1) is 12.7 Å². The van der Waals surface area contributed by atoms with Gasteiger partial charge in [-0.25, -0.2) is 0 Å². The van der Waals surface area contributed by atoms with Crippen molar-refractivity contribution in [3.63, 3.8) is 0 Å². The van der Waals surface area contributed by atoms with E-state index >= 15 is 0 Å². The van der Waals surface area contributed by atoms with E-state index in [-0.39, 0.29) is 6.61 Å². The van der Waals surface area contributed by atoms with E-state index in [9.17, 15) is 5.11 Å². The van der Waals surface area contributed by atoms with Gasteiger partial charge in [0.2, 0.25) is 0 Å². The van der Waals surface area contributed by atoms with Gasteiger partial charge in [-0.05, 0) is 31.8 Å². The van der Waals surface area contributed by atoms with Crippen LogP contribution in [0.3, 0.4) is 0 Å². The van der Waals surface area contributed by atoms with Crippen LogP contribution in [0.4, 0.5) is 0 Å². The average molecular weight is 205 g/mol. The van der Waals surface area contributed by atoms with Gasteiger partial charge in [0, 0.05) is 0 Å². The number of hydrogen-bond acceptors (Lipinski definition) is 4. The first kappa shape index (κ1) is 13.8. The first-order valence-electron chi connectivity index (χ1n) is 5.25. The third kappa shape index (κ3) is 7.26. The lowest BCUT2D eigenvalue weighted by atomic mass is 10.1. The van der Waals surface area contributed by atoms with Gasteiger partial charge in [-0.1, -0.05) is 13.8 Å². The monoisotopic (exact) mass is 205 g/mol. The zero-order valence-electron chi connectivity index (χ0n) is 9.11. The molecule has 4 nitrogen and oxygen atoms in total. The van der Waals surface area contributed by atoms with Crippen molar-refractivity contribution in [2.75, 3.05) is 19.7 Å². The quantitative estimate of drug-likeness (QED) is 0.411. The molecular weight excluding hydrogens is 182 g/mol. The smallest absolute Gasteiger partial charge is 0.103 e. The normalized spacial score (nSPS) is 15.9. The molecule has 2 unspecified atom stereocenters. The van der Waals surface area contributed by atoms with Crippen molar-refractivity contribution in [2.24, 2.45) is 5.92 Å². The molecule has 0 amide bonds. The molecule has 14 heavy (non-hydrogen) atoms. The van der Waals surface area contributed by atoms with Crippen LogP contribution in [0.5, 0.6) is 0 Å². The average Bonchev–Trinajstić information content (AvgIpc) is 2.15. The summed E-state index contributed by atoms with van der Waals surface area (Å²) in [6.07, 6.45) is -0.258. The number of aliphatic hydroxyl groups excluding tert-OH is 3. The van der Waals surface area contributed by atoms with Crippen LogP contribution in [-0.2, 0) is 0 Å². The predicted octanol–water partition coefficient (Wildman–Crippen LogP) is -0.274. The second-order valence-corrected chi connectivity index (χ2v) is 4.04. The Bertz CT molecular complexity index is 131. The minimum atomic E-state index is -1.01. The van der Waals surface area contributed by atoms with Gasteiger partial charge < -0.3 is 20.6 Å². The molecule has 0 aromatic carbocycles. The Morgan fingerprint density at radius 1 is 1.00 bits per heavy atom. The summed E-state index contributed by atoms with van der Waals surface area (Å²) in [5, 5.41) is 30.0. The van der Waals surface area contributed by atoms with E-state index in [1.165, 1.54) is 0 Å². The highest BCUT2D eigenvalue weighted by molar-refractivity contribution is 4.66. The van der Waals surface area contributed by atoms with Gasteiger partial charge in [0.15, 0.2) is 0 Å². The third-order valence-corrected chi connectivity index (χ3v) is 2.15. The van der Waals surface area contributed by atoms with Crippen molar-refractivity contribution in [1.82, 2.24) is 5.32 Å². The molecule has 0 radical (unpaired) electrons. The van der Waals surface area contributed by atoms with Crippen LogP contribution >= 0.6 is 0 Å². The van der Waals surface area contributed by atoms with E-state index in [0.717, 1.165) is 13.0 Å². The number of rotatable bonds is 8. The second kappa shape index (κ2) is 8.17. The molecule has 0 rings (SSSR count). The zero-order chi connectivity index (χ0) is 11.0. The van der Waals surface area contributed by atoms with Gasteiger partial charge in [0.25, 0.3) is 0 Å². The molecule has 0 saturated carbocycles. The molecule has 0 fully saturated rings. The lowest BCUT2D eigenvalue weighted by molar-refractivity contribution is -0.0171. The third-order valence-electron chi connectivity index (χ3n) is 2.15. The highest BCUT2D eigenvalue weighted by Crippen LogP contribution is 1.98. The van der Waals surface area contributed by atoms with Gasteiger partial charge in [0.1, 0.15) is 6.10 Å². The Labute approximate surface area is 86.0 Å². The summed E-state index contributed by atoms with van der Waals surface area (Å²) < 4.78 is 0. The molecule has 2 atom stereocenters. The molecule has 0 saturated heterocycles. The first-order chi connectivity index (χ1) is 6.57. The first-order valence-corrected chi connectivity index (χ1v) is 5.25. The van der Waals surface area contributed by atoms with Crippen molar-refractivity contribution in [3.8, 4) is 0 Å². The molecule has 0 aromatic rings.